The van der Waals surface area contributed by atoms with Crippen LogP contribution in [0.15, 0.2) is 18.5 Å². The average Bonchev–Trinajstić information content (AvgIpc) is 3.00. The number of carbonyl (C=O) groups is 1. The Labute approximate surface area is 153 Å². The maximum Gasteiger partial charge on any atom is 0.288 e. The second-order valence-electron chi connectivity index (χ2n) is 8.60. The van der Waals surface area contributed by atoms with Gasteiger partial charge >= 0.3 is 0 Å². The molecule has 7 nitrogen and oxygen atoms in total. The third kappa shape index (κ3) is 4.67. The van der Waals surface area contributed by atoms with E-state index in [2.05, 4.69) is 16.7 Å². The first-order chi connectivity index (χ1) is 11.8. The van der Waals surface area contributed by atoms with Crippen LogP contribution in [-0.4, -0.2) is 50.8 Å². The number of hydrogen-bond donors (Lipinski definition) is 1. The fourth-order valence-electron chi connectivity index (χ4n) is 2.97. The highest BCUT2D eigenvalue weighted by Gasteiger charge is 2.50. The Morgan fingerprint density at radius 2 is 1.92 bits per heavy atom. The Morgan fingerprint density at radius 3 is 2.38 bits per heavy atom. The van der Waals surface area contributed by atoms with E-state index in [9.17, 15) is 4.79 Å². The number of halogens is 1. The second-order valence-corrected chi connectivity index (χ2v) is 8.60. The van der Waals surface area contributed by atoms with E-state index in [1.54, 1.807) is 0 Å². The predicted molar refractivity (Wildman–Crippen MR) is 95.4 cm³/mol. The van der Waals surface area contributed by atoms with Crippen LogP contribution in [0.1, 0.15) is 58.2 Å². The lowest BCUT2D eigenvalue weighted by molar-refractivity contribution is -0.119. The van der Waals surface area contributed by atoms with Crippen LogP contribution in [0.5, 0.6) is 0 Å². The molecule has 1 aromatic rings. The molecule has 2 rings (SSSR count). The van der Waals surface area contributed by atoms with Gasteiger partial charge in [0.2, 0.25) is 5.82 Å². The van der Waals surface area contributed by atoms with Crippen molar-refractivity contribution in [3.8, 4) is 0 Å². The normalized spacial score (nSPS) is 27.1. The maximum absolute atomic E-state index is 15.4. The van der Waals surface area contributed by atoms with Gasteiger partial charge in [-0.05, 0) is 47.1 Å². The summed E-state index contributed by atoms with van der Waals surface area (Å²) < 4.78 is 28.5. The van der Waals surface area contributed by atoms with Gasteiger partial charge in [0.1, 0.15) is 18.5 Å². The molecule has 1 saturated carbocycles. The third-order valence-corrected chi connectivity index (χ3v) is 4.07. The number of nitrogens with two attached hydrogens (primary N) is 1. The summed E-state index contributed by atoms with van der Waals surface area (Å²) in [5.41, 5.74) is 4.88. The van der Waals surface area contributed by atoms with Crippen molar-refractivity contribution >= 4 is 5.91 Å². The van der Waals surface area contributed by atoms with Crippen molar-refractivity contribution in [3.63, 3.8) is 0 Å². The molecule has 1 aliphatic rings. The monoisotopic (exact) mass is 368 g/mol. The van der Waals surface area contributed by atoms with E-state index in [0.717, 1.165) is 0 Å². The molecule has 1 heterocycles. The zero-order valence-corrected chi connectivity index (χ0v) is 16.3. The first-order valence-electron chi connectivity index (χ1n) is 8.65. The molecule has 1 unspecified atom stereocenters. The number of alkyl halides is 1. The van der Waals surface area contributed by atoms with E-state index in [4.69, 9.17) is 15.2 Å². The molecule has 1 fully saturated rings. The number of primary amides is 1. The highest BCUT2D eigenvalue weighted by atomic mass is 19.1. The smallest absolute Gasteiger partial charge is 0.288 e. The summed E-state index contributed by atoms with van der Waals surface area (Å²) in [6.07, 6.45) is -0.849. The summed E-state index contributed by atoms with van der Waals surface area (Å²) in [5, 5.41) is 4.00. The second kappa shape index (κ2) is 7.08. The van der Waals surface area contributed by atoms with Crippen LogP contribution in [0.2, 0.25) is 0 Å². The summed E-state index contributed by atoms with van der Waals surface area (Å²) >= 11 is 0. The molecule has 0 aliphatic heterocycles. The summed E-state index contributed by atoms with van der Waals surface area (Å²) in [4.78, 5) is 15.1. The average molecular weight is 368 g/mol. The molecule has 8 heteroatoms. The lowest BCUT2D eigenvalue weighted by Crippen LogP contribution is -2.38. The Balaban J connectivity index is 2.32. The van der Waals surface area contributed by atoms with Crippen molar-refractivity contribution in [2.45, 2.75) is 71.1 Å². The van der Waals surface area contributed by atoms with Crippen LogP contribution in [0.3, 0.4) is 0 Å². The maximum atomic E-state index is 15.4. The van der Waals surface area contributed by atoms with Gasteiger partial charge in [-0.3, -0.25) is 4.79 Å². The Morgan fingerprint density at radius 1 is 1.31 bits per heavy atom. The van der Waals surface area contributed by atoms with Crippen molar-refractivity contribution in [1.82, 2.24) is 14.8 Å². The number of hydrogen-bond acceptors (Lipinski definition) is 5. The van der Waals surface area contributed by atoms with Crippen molar-refractivity contribution in [3.05, 3.63) is 24.3 Å². The lowest BCUT2D eigenvalue weighted by atomic mass is 10.0. The predicted octanol–water partition coefficient (Wildman–Crippen LogP) is 2.44. The van der Waals surface area contributed by atoms with Gasteiger partial charge in [0, 0.05) is 5.92 Å². The van der Waals surface area contributed by atoms with Gasteiger partial charge in [-0.25, -0.2) is 14.1 Å². The molecule has 0 saturated heterocycles. The van der Waals surface area contributed by atoms with Gasteiger partial charge in [0.05, 0.1) is 17.8 Å². The topological polar surface area (TPSA) is 92.3 Å². The van der Waals surface area contributed by atoms with Gasteiger partial charge in [-0.15, -0.1) is 5.10 Å². The molecular weight excluding hydrogens is 339 g/mol. The minimum absolute atomic E-state index is 0.160. The SMILES string of the molecule is C=C1[C@@H](n2cnc(C(N)=O)n2)[C@@H](F)C(OC(C)(C)C)[C@H]1COC(C)(C)C. The first-order valence-corrected chi connectivity index (χ1v) is 8.65. The Hall–Kier alpha value is -1.80. The third-order valence-electron chi connectivity index (χ3n) is 4.07. The van der Waals surface area contributed by atoms with Gasteiger partial charge in [0.25, 0.3) is 5.91 Å². The van der Waals surface area contributed by atoms with E-state index >= 15 is 4.39 Å². The highest BCUT2D eigenvalue weighted by molar-refractivity contribution is 5.88. The number of amides is 1. The number of carbonyl (C=O) groups excluding carboxylic acids is 1. The van der Waals surface area contributed by atoms with Crippen LogP contribution < -0.4 is 5.73 Å². The standard InChI is InChI=1S/C18H29FN4O3/c1-10-11(8-25-17(2,3)4)14(26-18(5,6)7)12(19)13(10)23-9-21-16(22-23)15(20)24/h9,11-14H,1,8H2,2-7H3,(H2,20,24)/t11-,12+,13+,14?/m0/s1. The van der Waals surface area contributed by atoms with Crippen LogP contribution >= 0.6 is 0 Å². The van der Waals surface area contributed by atoms with E-state index in [1.807, 2.05) is 41.5 Å². The molecule has 0 bridgehead atoms. The minimum Gasteiger partial charge on any atom is -0.375 e. The van der Waals surface area contributed by atoms with Crippen molar-refractivity contribution in [2.24, 2.45) is 11.7 Å². The molecule has 26 heavy (non-hydrogen) atoms. The fourth-order valence-corrected chi connectivity index (χ4v) is 2.97. The number of nitrogens with zero attached hydrogens (tertiary/aromatic N) is 3. The van der Waals surface area contributed by atoms with Gasteiger partial charge in [-0.1, -0.05) is 6.58 Å². The quantitative estimate of drug-likeness (QED) is 0.806. The molecule has 1 aromatic heterocycles. The molecular formula is C18H29FN4O3. The van der Waals surface area contributed by atoms with E-state index < -0.39 is 29.8 Å². The van der Waals surface area contributed by atoms with Crippen molar-refractivity contribution in [2.75, 3.05) is 6.61 Å². The molecule has 2 N–H and O–H groups in total. The van der Waals surface area contributed by atoms with E-state index in [1.165, 1.54) is 11.0 Å². The van der Waals surface area contributed by atoms with E-state index in [-0.39, 0.29) is 24.0 Å². The number of aromatic nitrogens is 3. The molecule has 1 amide bonds. The van der Waals surface area contributed by atoms with Crippen molar-refractivity contribution < 1.29 is 18.7 Å². The van der Waals surface area contributed by atoms with E-state index in [0.29, 0.717) is 5.57 Å². The summed E-state index contributed by atoms with van der Waals surface area (Å²) in [7, 11) is 0. The molecule has 0 aromatic carbocycles. The van der Waals surface area contributed by atoms with Crippen LogP contribution in [0, 0.1) is 5.92 Å². The summed E-state index contributed by atoms with van der Waals surface area (Å²) in [6, 6.07) is -0.795. The molecule has 4 atom stereocenters. The minimum atomic E-state index is -1.40. The summed E-state index contributed by atoms with van der Waals surface area (Å²) in [6.45, 7) is 15.8. The van der Waals surface area contributed by atoms with Crippen LogP contribution in [-0.2, 0) is 9.47 Å². The van der Waals surface area contributed by atoms with Gasteiger partial charge in [-0.2, -0.15) is 0 Å². The molecule has 146 valence electrons. The van der Waals surface area contributed by atoms with Crippen LogP contribution in [0.4, 0.5) is 4.39 Å². The molecule has 0 radical (unpaired) electrons. The zero-order chi connectivity index (χ0) is 19.9. The number of rotatable bonds is 5. The fraction of sp³-hybridized carbons (Fsp3) is 0.722. The Bertz CT molecular complexity index is 675. The lowest BCUT2D eigenvalue weighted by Gasteiger charge is -2.31. The van der Waals surface area contributed by atoms with Gasteiger partial charge in [0.15, 0.2) is 6.17 Å². The largest absolute Gasteiger partial charge is 0.375 e. The molecule has 1 aliphatic carbocycles. The van der Waals surface area contributed by atoms with Crippen molar-refractivity contribution in [1.29, 1.82) is 0 Å². The molecule has 0 spiro atoms. The zero-order valence-electron chi connectivity index (χ0n) is 16.3. The highest BCUT2D eigenvalue weighted by Crippen LogP contribution is 2.44. The van der Waals surface area contributed by atoms with Gasteiger partial charge < -0.3 is 15.2 Å². The number of ether oxygens (including phenoxy) is 2. The Kier molecular flexibility index (Phi) is 5.58. The van der Waals surface area contributed by atoms with Crippen LogP contribution in [0.25, 0.3) is 0 Å². The first kappa shape index (κ1) is 20.5. The summed E-state index contributed by atoms with van der Waals surface area (Å²) in [5.74, 6) is -1.28.